The third-order valence-electron chi connectivity index (χ3n) is 5.29. The van der Waals surface area contributed by atoms with Crippen molar-refractivity contribution in [3.05, 3.63) is 48.3 Å². The number of benzene rings is 2. The number of amides is 2. The largest absolute Gasteiger partial charge is 0.342 e. The molecule has 2 amide bonds. The second-order valence-electron chi connectivity index (χ2n) is 7.32. The second-order valence-corrected chi connectivity index (χ2v) is 7.32. The van der Waals surface area contributed by atoms with E-state index in [1.165, 1.54) is 0 Å². The number of aromatic amines is 2. The number of hydrogen-bond acceptors (Lipinski definition) is 4. The molecule has 0 bridgehead atoms. The van der Waals surface area contributed by atoms with Crippen LogP contribution in [0.3, 0.4) is 0 Å². The molecule has 0 unspecified atom stereocenters. The number of nitrogens with zero attached hydrogens (tertiary/aromatic N) is 4. The van der Waals surface area contributed by atoms with E-state index in [1.54, 1.807) is 0 Å². The molecule has 142 valence electrons. The topological polar surface area (TPSA) is 103 Å². The van der Waals surface area contributed by atoms with E-state index >= 15 is 0 Å². The fourth-order valence-electron chi connectivity index (χ4n) is 3.91. The molecule has 8 nitrogen and oxygen atoms in total. The first-order valence-electron chi connectivity index (χ1n) is 9.55. The number of nitrogens with one attached hydrogen (secondary N) is 3. The van der Waals surface area contributed by atoms with Crippen molar-refractivity contribution in [1.29, 1.82) is 0 Å². The van der Waals surface area contributed by atoms with Crippen LogP contribution in [0.2, 0.25) is 0 Å². The summed E-state index contributed by atoms with van der Waals surface area (Å²) in [5.41, 5.74) is 4.30. The SMILES string of the molecule is O=C(Nc1ccc2n[nH]nc2c1)N1CCC[C@H](Cc2nc3ccccc3[nH]2)C1. The molecule has 3 N–H and O–H groups in total. The number of carbonyl (C=O) groups excluding carboxylic acids is 1. The van der Waals surface area contributed by atoms with E-state index < -0.39 is 0 Å². The van der Waals surface area contributed by atoms with Crippen molar-refractivity contribution in [2.45, 2.75) is 19.3 Å². The van der Waals surface area contributed by atoms with Crippen LogP contribution < -0.4 is 5.32 Å². The summed E-state index contributed by atoms with van der Waals surface area (Å²) in [5, 5.41) is 13.7. The number of H-pyrrole nitrogens is 2. The van der Waals surface area contributed by atoms with Crippen LogP contribution in [0.5, 0.6) is 0 Å². The number of piperidine rings is 1. The Labute approximate surface area is 161 Å². The molecule has 0 spiro atoms. The summed E-state index contributed by atoms with van der Waals surface area (Å²) >= 11 is 0. The van der Waals surface area contributed by atoms with Crippen LogP contribution in [-0.4, -0.2) is 49.4 Å². The average molecular weight is 375 g/mol. The van der Waals surface area contributed by atoms with E-state index in [1.807, 2.05) is 47.4 Å². The molecule has 0 saturated carbocycles. The maximum atomic E-state index is 12.7. The van der Waals surface area contributed by atoms with Crippen molar-refractivity contribution >= 4 is 33.8 Å². The van der Waals surface area contributed by atoms with Crippen LogP contribution in [0.15, 0.2) is 42.5 Å². The van der Waals surface area contributed by atoms with Crippen LogP contribution in [0.4, 0.5) is 10.5 Å². The van der Waals surface area contributed by atoms with E-state index in [-0.39, 0.29) is 6.03 Å². The molecule has 1 aliphatic heterocycles. The highest BCUT2D eigenvalue weighted by Crippen LogP contribution is 2.22. The van der Waals surface area contributed by atoms with Crippen molar-refractivity contribution in [2.75, 3.05) is 18.4 Å². The van der Waals surface area contributed by atoms with Crippen molar-refractivity contribution in [3.63, 3.8) is 0 Å². The molecule has 5 rings (SSSR count). The van der Waals surface area contributed by atoms with Gasteiger partial charge in [0.15, 0.2) is 0 Å². The highest BCUT2D eigenvalue weighted by Gasteiger charge is 2.25. The number of hydrogen-bond donors (Lipinski definition) is 3. The van der Waals surface area contributed by atoms with Gasteiger partial charge in [-0.25, -0.2) is 9.78 Å². The van der Waals surface area contributed by atoms with Gasteiger partial charge in [-0.2, -0.15) is 15.4 Å². The molecule has 0 radical (unpaired) electrons. The number of para-hydroxylation sites is 2. The maximum absolute atomic E-state index is 12.7. The number of likely N-dealkylation sites (tertiary alicyclic amines) is 1. The molecule has 4 aromatic rings. The molecule has 28 heavy (non-hydrogen) atoms. The number of carbonyl (C=O) groups is 1. The van der Waals surface area contributed by atoms with Gasteiger partial charge in [-0.15, -0.1) is 0 Å². The minimum absolute atomic E-state index is 0.0721. The van der Waals surface area contributed by atoms with Gasteiger partial charge in [0.05, 0.1) is 11.0 Å². The first kappa shape index (κ1) is 16.7. The molecule has 1 fully saturated rings. The van der Waals surface area contributed by atoms with Crippen LogP contribution in [0, 0.1) is 5.92 Å². The zero-order chi connectivity index (χ0) is 18.9. The lowest BCUT2D eigenvalue weighted by atomic mass is 9.95. The average Bonchev–Trinajstić information content (AvgIpc) is 3.33. The number of fused-ring (bicyclic) bond motifs is 2. The molecular formula is C20H21N7O. The summed E-state index contributed by atoms with van der Waals surface area (Å²) in [6.07, 6.45) is 2.95. The normalized spacial score (nSPS) is 17.3. The Morgan fingerprint density at radius 2 is 2.04 bits per heavy atom. The van der Waals surface area contributed by atoms with Crippen LogP contribution >= 0.6 is 0 Å². The molecule has 0 aliphatic carbocycles. The monoisotopic (exact) mass is 375 g/mol. The van der Waals surface area contributed by atoms with Gasteiger partial charge in [-0.3, -0.25) is 0 Å². The second kappa shape index (κ2) is 6.95. The highest BCUT2D eigenvalue weighted by molar-refractivity contribution is 5.91. The fraction of sp³-hybridized carbons (Fsp3) is 0.300. The Morgan fingerprint density at radius 1 is 1.14 bits per heavy atom. The van der Waals surface area contributed by atoms with Crippen molar-refractivity contribution in [1.82, 2.24) is 30.3 Å². The Balaban J connectivity index is 1.24. The molecule has 1 aliphatic rings. The zero-order valence-corrected chi connectivity index (χ0v) is 15.4. The minimum Gasteiger partial charge on any atom is -0.342 e. The standard InChI is InChI=1S/C20H21N7O/c28-20(21-14-7-8-17-18(11-14)25-26-24-17)27-9-3-4-13(12-27)10-19-22-15-5-1-2-6-16(15)23-19/h1-2,5-8,11,13H,3-4,9-10,12H2,(H,21,28)(H,22,23)(H,24,25,26)/t13-/m1/s1. The van der Waals surface area contributed by atoms with Gasteiger partial charge in [0, 0.05) is 25.2 Å². The highest BCUT2D eigenvalue weighted by atomic mass is 16.2. The molecular weight excluding hydrogens is 354 g/mol. The molecule has 1 saturated heterocycles. The van der Waals surface area contributed by atoms with Crippen molar-refractivity contribution < 1.29 is 4.79 Å². The molecule has 1 atom stereocenters. The fourth-order valence-corrected chi connectivity index (χ4v) is 3.91. The van der Waals surface area contributed by atoms with E-state index in [2.05, 4.69) is 30.7 Å². The smallest absolute Gasteiger partial charge is 0.321 e. The third-order valence-corrected chi connectivity index (χ3v) is 5.29. The summed E-state index contributed by atoms with van der Waals surface area (Å²) in [6, 6.07) is 13.5. The van der Waals surface area contributed by atoms with Gasteiger partial charge >= 0.3 is 6.03 Å². The minimum atomic E-state index is -0.0721. The van der Waals surface area contributed by atoms with E-state index in [0.717, 1.165) is 65.9 Å². The predicted molar refractivity (Wildman–Crippen MR) is 107 cm³/mol. The van der Waals surface area contributed by atoms with Crippen molar-refractivity contribution in [2.24, 2.45) is 5.92 Å². The molecule has 3 heterocycles. The Kier molecular flexibility index (Phi) is 4.16. The molecule has 2 aromatic heterocycles. The summed E-state index contributed by atoms with van der Waals surface area (Å²) in [7, 11) is 0. The van der Waals surface area contributed by atoms with E-state index in [4.69, 9.17) is 0 Å². The lowest BCUT2D eigenvalue weighted by molar-refractivity contribution is 0.176. The summed E-state index contributed by atoms with van der Waals surface area (Å²) in [4.78, 5) is 22.7. The van der Waals surface area contributed by atoms with E-state index in [0.29, 0.717) is 5.92 Å². The summed E-state index contributed by atoms with van der Waals surface area (Å²) < 4.78 is 0. The van der Waals surface area contributed by atoms with Gasteiger partial charge in [0.2, 0.25) is 0 Å². The molecule has 2 aromatic carbocycles. The summed E-state index contributed by atoms with van der Waals surface area (Å²) in [5.74, 6) is 1.39. The first-order chi connectivity index (χ1) is 13.7. The van der Waals surface area contributed by atoms with Gasteiger partial charge in [-0.1, -0.05) is 12.1 Å². The van der Waals surface area contributed by atoms with Gasteiger partial charge in [-0.05, 0) is 49.1 Å². The quantitative estimate of drug-likeness (QED) is 0.511. The number of anilines is 1. The van der Waals surface area contributed by atoms with Crippen LogP contribution in [-0.2, 0) is 6.42 Å². The van der Waals surface area contributed by atoms with E-state index in [9.17, 15) is 4.79 Å². The van der Waals surface area contributed by atoms with Crippen molar-refractivity contribution in [3.8, 4) is 0 Å². The van der Waals surface area contributed by atoms with Crippen LogP contribution in [0.1, 0.15) is 18.7 Å². The van der Waals surface area contributed by atoms with Gasteiger partial charge < -0.3 is 15.2 Å². The Morgan fingerprint density at radius 3 is 2.96 bits per heavy atom. The number of aromatic nitrogens is 5. The van der Waals surface area contributed by atoms with Gasteiger partial charge in [0.1, 0.15) is 16.9 Å². The predicted octanol–water partition coefficient (Wildman–Crippen LogP) is 3.32. The first-order valence-corrected chi connectivity index (χ1v) is 9.55. The summed E-state index contributed by atoms with van der Waals surface area (Å²) in [6.45, 7) is 1.50. The molecule has 8 heteroatoms. The Hall–Kier alpha value is -3.42. The number of urea groups is 1. The Bertz CT molecular complexity index is 1100. The maximum Gasteiger partial charge on any atom is 0.321 e. The lowest BCUT2D eigenvalue weighted by Crippen LogP contribution is -2.42. The zero-order valence-electron chi connectivity index (χ0n) is 15.4. The lowest BCUT2D eigenvalue weighted by Gasteiger charge is -2.32. The van der Waals surface area contributed by atoms with Crippen LogP contribution in [0.25, 0.3) is 22.1 Å². The number of rotatable bonds is 3. The third kappa shape index (κ3) is 3.28. The van der Waals surface area contributed by atoms with Gasteiger partial charge in [0.25, 0.3) is 0 Å². The number of imidazole rings is 1.